The molecule has 0 saturated carbocycles. The predicted molar refractivity (Wildman–Crippen MR) is 99.1 cm³/mol. The molecule has 2 rings (SSSR count). The van der Waals surface area contributed by atoms with Crippen LogP contribution in [-0.4, -0.2) is 20.8 Å². The summed E-state index contributed by atoms with van der Waals surface area (Å²) in [6.07, 6.45) is -3.73. The summed E-state index contributed by atoms with van der Waals surface area (Å²) in [7, 11) is 3.19. The summed E-state index contributed by atoms with van der Waals surface area (Å²) in [5.41, 5.74) is 0.578. The van der Waals surface area contributed by atoms with Gasteiger partial charge in [-0.1, -0.05) is 18.2 Å². The Morgan fingerprint density at radius 1 is 1.00 bits per heavy atom. The van der Waals surface area contributed by atoms with E-state index in [1.165, 1.54) is 12.1 Å². The highest BCUT2D eigenvalue weighted by molar-refractivity contribution is 14.1. The van der Waals surface area contributed by atoms with Gasteiger partial charge in [0.05, 0.1) is 23.4 Å². The van der Waals surface area contributed by atoms with Crippen molar-refractivity contribution in [3.05, 3.63) is 56.7 Å². The molecule has 0 amide bonds. The average Bonchev–Trinajstić information content (AvgIpc) is 2.58. The fourth-order valence-corrected chi connectivity index (χ4v) is 3.17. The molecule has 0 aliphatic heterocycles. The van der Waals surface area contributed by atoms with Gasteiger partial charge in [-0.05, 0) is 64.9 Å². The molecule has 25 heavy (non-hydrogen) atoms. The lowest BCUT2D eigenvalue weighted by Crippen LogP contribution is -2.20. The number of hydrogen-bond acceptors (Lipinski definition) is 3. The normalized spacial score (nSPS) is 11.4. The summed E-state index contributed by atoms with van der Waals surface area (Å²) in [6.45, 7) is 0.672. The highest BCUT2D eigenvalue weighted by Gasteiger charge is 2.32. The summed E-state index contributed by atoms with van der Waals surface area (Å²) >= 11 is 2.16. The lowest BCUT2D eigenvalue weighted by Gasteiger charge is -2.14. The topological polar surface area (TPSA) is 30.5 Å². The van der Waals surface area contributed by atoms with E-state index in [0.717, 1.165) is 26.7 Å². The Balaban J connectivity index is 2.01. The van der Waals surface area contributed by atoms with E-state index in [1.807, 2.05) is 12.1 Å². The molecule has 1 N–H and O–H groups in total. The number of rotatable bonds is 7. The van der Waals surface area contributed by atoms with Crippen molar-refractivity contribution in [2.75, 3.05) is 20.8 Å². The van der Waals surface area contributed by atoms with Crippen LogP contribution in [0.1, 0.15) is 16.7 Å². The minimum Gasteiger partial charge on any atom is -0.496 e. The third-order valence-electron chi connectivity index (χ3n) is 3.76. The van der Waals surface area contributed by atoms with Gasteiger partial charge in [-0.2, -0.15) is 13.2 Å². The fraction of sp³-hybridized carbons (Fsp3) is 0.333. The molecular weight excluding hydrogens is 446 g/mol. The van der Waals surface area contributed by atoms with E-state index in [9.17, 15) is 13.2 Å². The molecule has 3 nitrogen and oxygen atoms in total. The molecule has 7 heteroatoms. The van der Waals surface area contributed by atoms with Crippen LogP contribution in [0.4, 0.5) is 13.2 Å². The Bertz CT molecular complexity index is 720. The second kappa shape index (κ2) is 8.75. The number of alkyl halides is 3. The van der Waals surface area contributed by atoms with Crippen molar-refractivity contribution in [2.24, 2.45) is 0 Å². The highest BCUT2D eigenvalue weighted by atomic mass is 127. The van der Waals surface area contributed by atoms with Gasteiger partial charge in [0.15, 0.2) is 0 Å². The monoisotopic (exact) mass is 465 g/mol. The number of benzene rings is 2. The van der Waals surface area contributed by atoms with Crippen LogP contribution in [0.2, 0.25) is 0 Å². The second-order valence-electron chi connectivity index (χ2n) is 5.38. The van der Waals surface area contributed by atoms with Crippen molar-refractivity contribution >= 4 is 22.6 Å². The zero-order valence-electron chi connectivity index (χ0n) is 13.9. The van der Waals surface area contributed by atoms with E-state index >= 15 is 0 Å². The fourth-order valence-electron chi connectivity index (χ4n) is 2.52. The van der Waals surface area contributed by atoms with Gasteiger partial charge < -0.3 is 14.8 Å². The van der Waals surface area contributed by atoms with Crippen LogP contribution >= 0.6 is 22.6 Å². The van der Waals surface area contributed by atoms with Crippen LogP contribution in [0.3, 0.4) is 0 Å². The zero-order valence-corrected chi connectivity index (χ0v) is 16.1. The summed E-state index contributed by atoms with van der Waals surface area (Å²) in [4.78, 5) is 0. The SMILES string of the molecule is COc1cc(CCNCc2ccccc2C(F)(F)F)c(OC)cc1I. The maximum absolute atomic E-state index is 13.0. The molecule has 136 valence electrons. The molecule has 0 heterocycles. The van der Waals surface area contributed by atoms with Gasteiger partial charge in [0.1, 0.15) is 11.5 Å². The van der Waals surface area contributed by atoms with Crippen LogP contribution in [0.15, 0.2) is 36.4 Å². The number of methoxy groups -OCH3 is 2. The molecule has 0 aliphatic carbocycles. The largest absolute Gasteiger partial charge is 0.496 e. The number of halogens is 4. The van der Waals surface area contributed by atoms with Gasteiger partial charge in [-0.25, -0.2) is 0 Å². The molecular formula is C18H19F3INO2. The minimum absolute atomic E-state index is 0.152. The first-order valence-corrected chi connectivity index (χ1v) is 8.71. The molecule has 2 aromatic carbocycles. The third kappa shape index (κ3) is 5.24. The summed E-state index contributed by atoms with van der Waals surface area (Å²) < 4.78 is 50.6. The first-order chi connectivity index (χ1) is 11.9. The molecule has 0 spiro atoms. The van der Waals surface area contributed by atoms with E-state index in [0.29, 0.717) is 13.0 Å². The van der Waals surface area contributed by atoms with Crippen LogP contribution in [0, 0.1) is 3.57 Å². The Morgan fingerprint density at radius 2 is 1.68 bits per heavy atom. The molecule has 0 aromatic heterocycles. The van der Waals surface area contributed by atoms with Gasteiger partial charge in [-0.15, -0.1) is 0 Å². The van der Waals surface area contributed by atoms with E-state index < -0.39 is 11.7 Å². The maximum Gasteiger partial charge on any atom is 0.416 e. The molecule has 0 bridgehead atoms. The van der Waals surface area contributed by atoms with Crippen LogP contribution < -0.4 is 14.8 Å². The number of ether oxygens (including phenoxy) is 2. The van der Waals surface area contributed by atoms with E-state index in [4.69, 9.17) is 9.47 Å². The standard InChI is InChI=1S/C18H19F3INO2/c1-24-16-10-15(22)17(25-2)9-12(16)7-8-23-11-13-5-3-4-6-14(13)18(19,20)21/h3-6,9-10,23H,7-8,11H2,1-2H3. The van der Waals surface area contributed by atoms with Crippen molar-refractivity contribution in [3.63, 3.8) is 0 Å². The van der Waals surface area contributed by atoms with Gasteiger partial charge in [-0.3, -0.25) is 0 Å². The van der Waals surface area contributed by atoms with Crippen molar-refractivity contribution in [1.82, 2.24) is 5.32 Å². The van der Waals surface area contributed by atoms with Gasteiger partial charge in [0.25, 0.3) is 0 Å². The van der Waals surface area contributed by atoms with Crippen molar-refractivity contribution in [2.45, 2.75) is 19.1 Å². The molecule has 0 saturated heterocycles. The molecule has 0 atom stereocenters. The highest BCUT2D eigenvalue weighted by Crippen LogP contribution is 2.32. The third-order valence-corrected chi connectivity index (χ3v) is 4.61. The van der Waals surface area contributed by atoms with Gasteiger partial charge >= 0.3 is 6.18 Å². The Hall–Kier alpha value is -1.48. The second-order valence-corrected chi connectivity index (χ2v) is 6.54. The minimum atomic E-state index is -4.34. The first kappa shape index (κ1) is 19.8. The van der Waals surface area contributed by atoms with Crippen molar-refractivity contribution in [1.29, 1.82) is 0 Å². The molecule has 2 aromatic rings. The Kier molecular flexibility index (Phi) is 6.95. The summed E-state index contributed by atoms with van der Waals surface area (Å²) in [5, 5.41) is 3.07. The van der Waals surface area contributed by atoms with E-state index in [-0.39, 0.29) is 12.1 Å². The molecule has 0 unspecified atom stereocenters. The summed E-state index contributed by atoms with van der Waals surface area (Å²) in [5.74, 6) is 1.49. The lowest BCUT2D eigenvalue weighted by atomic mass is 10.1. The quantitative estimate of drug-likeness (QED) is 0.477. The smallest absolute Gasteiger partial charge is 0.416 e. The Labute approximate surface area is 158 Å². The first-order valence-electron chi connectivity index (χ1n) is 7.63. The van der Waals surface area contributed by atoms with Crippen molar-refractivity contribution in [3.8, 4) is 11.5 Å². The number of nitrogens with one attached hydrogen (secondary N) is 1. The van der Waals surface area contributed by atoms with Crippen molar-refractivity contribution < 1.29 is 22.6 Å². The lowest BCUT2D eigenvalue weighted by molar-refractivity contribution is -0.138. The summed E-state index contributed by atoms with van der Waals surface area (Å²) in [6, 6.07) is 9.38. The van der Waals surface area contributed by atoms with Gasteiger partial charge in [0, 0.05) is 6.54 Å². The molecule has 0 fully saturated rings. The van der Waals surface area contributed by atoms with E-state index in [2.05, 4.69) is 27.9 Å². The average molecular weight is 465 g/mol. The molecule has 0 aliphatic rings. The maximum atomic E-state index is 13.0. The number of hydrogen-bond donors (Lipinski definition) is 1. The predicted octanol–water partition coefficient (Wildman–Crippen LogP) is 4.66. The zero-order chi connectivity index (χ0) is 18.4. The van der Waals surface area contributed by atoms with Crippen LogP contribution in [0.5, 0.6) is 11.5 Å². The van der Waals surface area contributed by atoms with Crippen LogP contribution in [0.25, 0.3) is 0 Å². The van der Waals surface area contributed by atoms with Gasteiger partial charge in [0.2, 0.25) is 0 Å². The van der Waals surface area contributed by atoms with Crippen LogP contribution in [-0.2, 0) is 19.1 Å². The van der Waals surface area contributed by atoms with E-state index in [1.54, 1.807) is 20.3 Å². The Morgan fingerprint density at radius 3 is 2.32 bits per heavy atom. The molecule has 0 radical (unpaired) electrons.